The number of aliphatic hydroxyl groups is 7. The van der Waals surface area contributed by atoms with E-state index < -0.39 is 55.3 Å². The molecule has 1 aliphatic carbocycles. The van der Waals surface area contributed by atoms with Gasteiger partial charge in [0.05, 0.1) is 25.4 Å². The lowest BCUT2D eigenvalue weighted by Crippen LogP contribution is -2.61. The summed E-state index contributed by atoms with van der Waals surface area (Å²) in [5.74, 6) is 0.711. The van der Waals surface area contributed by atoms with Crippen LogP contribution in [0.25, 0.3) is 0 Å². The van der Waals surface area contributed by atoms with E-state index in [0.29, 0.717) is 18.3 Å². The van der Waals surface area contributed by atoms with Crippen molar-refractivity contribution in [1.29, 1.82) is 0 Å². The standard InChI is InChI=1S/C24H44O11/c1-11-7-13(8-24(3,4)14(11)6-5-12(2)25)34-23-21(31)19(29)18(28)16(35-23)10-33-22-20(30)17(27)15(26)9-32-22/h11-23,25-31H,5-10H2,1-4H3/t11-,12-,13+,14+,15+,16-,17+,18-,19+,20+,21-,22+,23+/m1/s1. The first-order chi connectivity index (χ1) is 16.3. The van der Waals surface area contributed by atoms with Crippen molar-refractivity contribution in [2.24, 2.45) is 17.3 Å². The smallest absolute Gasteiger partial charge is 0.186 e. The Morgan fingerprint density at radius 1 is 0.943 bits per heavy atom. The van der Waals surface area contributed by atoms with E-state index in [9.17, 15) is 35.7 Å². The molecule has 2 heterocycles. The van der Waals surface area contributed by atoms with E-state index in [2.05, 4.69) is 20.8 Å². The summed E-state index contributed by atoms with van der Waals surface area (Å²) in [7, 11) is 0. The van der Waals surface area contributed by atoms with E-state index in [1.165, 1.54) is 0 Å². The summed E-state index contributed by atoms with van der Waals surface area (Å²) < 4.78 is 22.5. The minimum Gasteiger partial charge on any atom is -0.393 e. The first-order valence-electron chi connectivity index (χ1n) is 12.6. The van der Waals surface area contributed by atoms with Crippen LogP contribution in [-0.2, 0) is 18.9 Å². The predicted octanol–water partition coefficient (Wildman–Crippen LogP) is -1.13. The van der Waals surface area contributed by atoms with E-state index in [-0.39, 0.29) is 30.8 Å². The molecule has 3 rings (SSSR count). The average molecular weight is 509 g/mol. The molecule has 0 aromatic carbocycles. The van der Waals surface area contributed by atoms with Crippen LogP contribution in [0.3, 0.4) is 0 Å². The fourth-order valence-electron chi connectivity index (χ4n) is 5.84. The Morgan fingerprint density at radius 2 is 1.60 bits per heavy atom. The summed E-state index contributed by atoms with van der Waals surface area (Å²) in [6.07, 6.45) is -9.76. The number of hydrogen-bond acceptors (Lipinski definition) is 11. The third kappa shape index (κ3) is 6.91. The molecular weight excluding hydrogens is 464 g/mol. The molecule has 11 nitrogen and oxygen atoms in total. The summed E-state index contributed by atoms with van der Waals surface area (Å²) in [5, 5.41) is 70.4. The topological polar surface area (TPSA) is 179 Å². The van der Waals surface area contributed by atoms with Crippen LogP contribution in [0.5, 0.6) is 0 Å². The lowest BCUT2D eigenvalue weighted by atomic mass is 9.61. The van der Waals surface area contributed by atoms with Gasteiger partial charge >= 0.3 is 0 Å². The molecule has 2 aliphatic heterocycles. The summed E-state index contributed by atoms with van der Waals surface area (Å²) in [4.78, 5) is 0. The van der Waals surface area contributed by atoms with Gasteiger partial charge in [-0.05, 0) is 49.9 Å². The van der Waals surface area contributed by atoms with Crippen molar-refractivity contribution in [3.05, 3.63) is 0 Å². The third-order valence-corrected chi connectivity index (χ3v) is 7.85. The molecule has 35 heavy (non-hydrogen) atoms. The van der Waals surface area contributed by atoms with Crippen LogP contribution in [0.2, 0.25) is 0 Å². The van der Waals surface area contributed by atoms with Crippen molar-refractivity contribution in [3.8, 4) is 0 Å². The van der Waals surface area contributed by atoms with Gasteiger partial charge in [-0.2, -0.15) is 0 Å². The zero-order chi connectivity index (χ0) is 26.1. The quantitative estimate of drug-likeness (QED) is 0.211. The Balaban J connectivity index is 1.59. The van der Waals surface area contributed by atoms with Gasteiger partial charge in [-0.25, -0.2) is 0 Å². The fraction of sp³-hybridized carbons (Fsp3) is 1.00. The number of rotatable bonds is 8. The monoisotopic (exact) mass is 508 g/mol. The second kappa shape index (κ2) is 12.0. The molecule has 0 amide bonds. The van der Waals surface area contributed by atoms with Crippen LogP contribution >= 0.6 is 0 Å². The molecule has 0 spiro atoms. The van der Waals surface area contributed by atoms with Crippen molar-refractivity contribution in [2.75, 3.05) is 13.2 Å². The molecule has 0 radical (unpaired) electrons. The van der Waals surface area contributed by atoms with E-state index in [0.717, 1.165) is 19.3 Å². The zero-order valence-electron chi connectivity index (χ0n) is 21.0. The molecule has 11 heteroatoms. The van der Waals surface area contributed by atoms with Gasteiger partial charge in [0, 0.05) is 0 Å². The maximum Gasteiger partial charge on any atom is 0.186 e. The number of aliphatic hydroxyl groups excluding tert-OH is 7. The predicted molar refractivity (Wildman–Crippen MR) is 122 cm³/mol. The lowest BCUT2D eigenvalue weighted by molar-refractivity contribution is -0.331. The normalized spacial score (nSPS) is 47.4. The number of ether oxygens (including phenoxy) is 4. The first kappa shape index (κ1) is 29.1. The van der Waals surface area contributed by atoms with Gasteiger partial charge in [-0.1, -0.05) is 20.8 Å². The second-order valence-corrected chi connectivity index (χ2v) is 11.3. The molecule has 0 aromatic heterocycles. The van der Waals surface area contributed by atoms with Crippen LogP contribution in [0.15, 0.2) is 0 Å². The number of hydrogen-bond donors (Lipinski definition) is 7. The van der Waals surface area contributed by atoms with Crippen molar-refractivity contribution in [1.82, 2.24) is 0 Å². The molecule has 7 N–H and O–H groups in total. The van der Waals surface area contributed by atoms with E-state index in [1.807, 2.05) is 0 Å². The maximum atomic E-state index is 10.5. The van der Waals surface area contributed by atoms with Crippen LogP contribution in [0.1, 0.15) is 53.4 Å². The average Bonchev–Trinajstić information content (AvgIpc) is 2.77. The third-order valence-electron chi connectivity index (χ3n) is 7.85. The Kier molecular flexibility index (Phi) is 9.94. The van der Waals surface area contributed by atoms with Gasteiger partial charge in [0.1, 0.15) is 42.7 Å². The highest BCUT2D eigenvalue weighted by Crippen LogP contribution is 2.47. The molecule has 0 aromatic rings. The minimum atomic E-state index is -1.54. The highest BCUT2D eigenvalue weighted by Gasteiger charge is 2.48. The molecule has 3 aliphatic rings. The summed E-state index contributed by atoms with van der Waals surface area (Å²) >= 11 is 0. The molecule has 0 unspecified atom stereocenters. The van der Waals surface area contributed by atoms with E-state index in [4.69, 9.17) is 18.9 Å². The van der Waals surface area contributed by atoms with Crippen molar-refractivity contribution < 1.29 is 54.7 Å². The fourth-order valence-corrected chi connectivity index (χ4v) is 5.84. The van der Waals surface area contributed by atoms with Crippen molar-refractivity contribution >= 4 is 0 Å². The van der Waals surface area contributed by atoms with Gasteiger partial charge in [-0.15, -0.1) is 0 Å². The van der Waals surface area contributed by atoms with Crippen LogP contribution < -0.4 is 0 Å². The van der Waals surface area contributed by atoms with E-state index in [1.54, 1.807) is 6.92 Å². The van der Waals surface area contributed by atoms with E-state index >= 15 is 0 Å². The summed E-state index contributed by atoms with van der Waals surface area (Å²) in [6.45, 7) is 7.72. The highest BCUT2D eigenvalue weighted by atomic mass is 16.7. The molecule has 13 atom stereocenters. The van der Waals surface area contributed by atoms with Gasteiger partial charge in [0.15, 0.2) is 12.6 Å². The Morgan fingerprint density at radius 3 is 2.23 bits per heavy atom. The van der Waals surface area contributed by atoms with Gasteiger partial charge in [-0.3, -0.25) is 0 Å². The molecule has 1 saturated carbocycles. The molecule has 206 valence electrons. The largest absolute Gasteiger partial charge is 0.393 e. The Labute approximate surface area is 206 Å². The van der Waals surface area contributed by atoms with Gasteiger partial charge in [0.2, 0.25) is 0 Å². The maximum absolute atomic E-state index is 10.5. The van der Waals surface area contributed by atoms with Crippen molar-refractivity contribution in [3.63, 3.8) is 0 Å². The minimum absolute atomic E-state index is 0.0721. The van der Waals surface area contributed by atoms with Crippen molar-refractivity contribution in [2.45, 2.75) is 121 Å². The summed E-state index contributed by atoms with van der Waals surface area (Å²) in [6, 6.07) is 0. The Bertz CT molecular complexity index is 661. The second-order valence-electron chi connectivity index (χ2n) is 11.3. The first-order valence-corrected chi connectivity index (χ1v) is 12.6. The molecule has 2 saturated heterocycles. The highest BCUT2D eigenvalue weighted by molar-refractivity contribution is 4.94. The van der Waals surface area contributed by atoms with Crippen LogP contribution in [0, 0.1) is 17.3 Å². The van der Waals surface area contributed by atoms with Crippen LogP contribution in [0.4, 0.5) is 0 Å². The lowest BCUT2D eigenvalue weighted by Gasteiger charge is -2.48. The molecule has 3 fully saturated rings. The summed E-state index contributed by atoms with van der Waals surface area (Å²) in [5.41, 5.74) is -0.0721. The zero-order valence-corrected chi connectivity index (χ0v) is 21.0. The Hall–Kier alpha value is -0.440. The van der Waals surface area contributed by atoms with Gasteiger partial charge in [0.25, 0.3) is 0 Å². The SMILES string of the molecule is C[C@@H]1C[C@H](O[C@H]2O[C@H](CO[C@@H]3OC[C@H](O)[C@H](O)[C@@H]3O)[C@@H](O)[C@H](O)[C@H]2O)CC(C)(C)[C@H]1CC[C@@H](C)O. The molecule has 0 bridgehead atoms. The van der Waals surface area contributed by atoms with Gasteiger partial charge < -0.3 is 54.7 Å². The van der Waals surface area contributed by atoms with Crippen LogP contribution in [-0.4, -0.2) is 116 Å². The molecular formula is C24H44O11.